The summed E-state index contributed by atoms with van der Waals surface area (Å²) in [7, 11) is 1.51. The topological polar surface area (TPSA) is 62.1 Å². The van der Waals surface area contributed by atoms with Crippen molar-refractivity contribution in [1.82, 2.24) is 0 Å². The molecular weight excluding hydrogens is 380 g/mol. The van der Waals surface area contributed by atoms with Crippen LogP contribution in [0.1, 0.15) is 53.6 Å². The van der Waals surface area contributed by atoms with Gasteiger partial charge in [-0.15, -0.1) is 11.3 Å². The van der Waals surface area contributed by atoms with Gasteiger partial charge in [0.25, 0.3) is 5.91 Å². The second-order valence-corrected chi connectivity index (χ2v) is 9.47. The zero-order valence-corrected chi connectivity index (χ0v) is 17.6. The van der Waals surface area contributed by atoms with Crippen LogP contribution < -0.4 is 10.1 Å². The van der Waals surface area contributed by atoms with Crippen LogP contribution in [0.3, 0.4) is 0 Å². The normalized spacial score (nSPS) is 16.4. The molecule has 0 saturated heterocycles. The number of methoxy groups -OCH3 is 1. The molecule has 0 unspecified atom stereocenters. The number of halogens is 1. The van der Waals surface area contributed by atoms with Crippen LogP contribution >= 0.6 is 22.9 Å². The lowest BCUT2D eigenvalue weighted by molar-refractivity contribution is 0.102. The van der Waals surface area contributed by atoms with Gasteiger partial charge in [-0.2, -0.15) is 5.26 Å². The lowest BCUT2D eigenvalue weighted by Crippen LogP contribution is -2.26. The molecule has 0 aliphatic heterocycles. The van der Waals surface area contributed by atoms with E-state index in [0.29, 0.717) is 32.8 Å². The van der Waals surface area contributed by atoms with Crippen molar-refractivity contribution >= 4 is 33.8 Å². The fraction of sp³-hybridized carbons (Fsp3) is 0.429. The van der Waals surface area contributed by atoms with Crippen molar-refractivity contribution < 1.29 is 9.53 Å². The van der Waals surface area contributed by atoms with Crippen LogP contribution in [0, 0.1) is 22.7 Å². The molecule has 1 heterocycles. The summed E-state index contributed by atoms with van der Waals surface area (Å²) in [6.07, 6.45) is 2.90. The van der Waals surface area contributed by atoms with Gasteiger partial charge >= 0.3 is 0 Å². The molecule has 27 heavy (non-hydrogen) atoms. The van der Waals surface area contributed by atoms with Gasteiger partial charge < -0.3 is 10.1 Å². The number of amides is 1. The number of nitrogens with zero attached hydrogens (tertiary/aromatic N) is 1. The van der Waals surface area contributed by atoms with E-state index in [4.69, 9.17) is 16.3 Å². The molecule has 0 saturated carbocycles. The molecule has 1 aliphatic rings. The standard InChI is InChI=1S/C21H23ClN2O2S/c1-21(2,3)12-5-7-14-16(11-23)20(27-18(14)9-12)24-19(25)15-10-13(22)6-8-17(15)26-4/h6,8,10,12H,5,7,9H2,1-4H3,(H,24,25)/t12-/m1/s1. The van der Waals surface area contributed by atoms with Crippen LogP contribution in [0.2, 0.25) is 5.02 Å². The molecule has 142 valence electrons. The number of thiophene rings is 1. The molecule has 0 bridgehead atoms. The Morgan fingerprint density at radius 2 is 2.15 bits per heavy atom. The van der Waals surface area contributed by atoms with E-state index in [1.807, 2.05) is 0 Å². The van der Waals surface area contributed by atoms with Gasteiger partial charge in [0.2, 0.25) is 0 Å². The molecule has 1 aromatic carbocycles. The average Bonchev–Trinajstić information content (AvgIpc) is 2.96. The lowest BCUT2D eigenvalue weighted by Gasteiger charge is -2.33. The van der Waals surface area contributed by atoms with Gasteiger partial charge in [-0.05, 0) is 54.4 Å². The predicted octanol–water partition coefficient (Wildman–Crippen LogP) is 5.69. The van der Waals surface area contributed by atoms with Crippen molar-refractivity contribution in [3.05, 3.63) is 44.8 Å². The lowest BCUT2D eigenvalue weighted by atomic mass is 9.72. The summed E-state index contributed by atoms with van der Waals surface area (Å²) in [5.41, 5.74) is 2.27. The number of hydrogen-bond donors (Lipinski definition) is 1. The molecule has 0 fully saturated rings. The summed E-state index contributed by atoms with van der Waals surface area (Å²) in [6, 6.07) is 7.20. The Balaban J connectivity index is 1.91. The molecule has 2 aromatic rings. The van der Waals surface area contributed by atoms with Gasteiger partial charge in [-0.1, -0.05) is 32.4 Å². The first-order valence-corrected chi connectivity index (χ1v) is 10.1. The highest BCUT2D eigenvalue weighted by atomic mass is 35.5. The zero-order valence-electron chi connectivity index (χ0n) is 16.0. The highest BCUT2D eigenvalue weighted by Gasteiger charge is 2.32. The van der Waals surface area contributed by atoms with Crippen molar-refractivity contribution in [1.29, 1.82) is 5.26 Å². The molecule has 1 N–H and O–H groups in total. The molecule has 1 amide bonds. The minimum absolute atomic E-state index is 0.228. The van der Waals surface area contributed by atoms with Crippen molar-refractivity contribution in [2.45, 2.75) is 40.0 Å². The maximum atomic E-state index is 12.8. The Labute approximate surface area is 169 Å². The van der Waals surface area contributed by atoms with E-state index in [9.17, 15) is 10.1 Å². The molecular formula is C21H23ClN2O2S. The Morgan fingerprint density at radius 3 is 2.78 bits per heavy atom. The van der Waals surface area contributed by atoms with Crippen LogP contribution in [0.5, 0.6) is 5.75 Å². The minimum atomic E-state index is -0.322. The zero-order chi connectivity index (χ0) is 19.8. The molecule has 6 heteroatoms. The first-order valence-electron chi connectivity index (χ1n) is 8.94. The second kappa shape index (κ2) is 7.53. The van der Waals surface area contributed by atoms with Gasteiger partial charge in [-0.3, -0.25) is 4.79 Å². The monoisotopic (exact) mass is 402 g/mol. The highest BCUT2D eigenvalue weighted by Crippen LogP contribution is 2.44. The van der Waals surface area contributed by atoms with E-state index in [0.717, 1.165) is 24.8 Å². The predicted molar refractivity (Wildman–Crippen MR) is 110 cm³/mol. The number of hydrogen-bond acceptors (Lipinski definition) is 4. The van der Waals surface area contributed by atoms with Gasteiger partial charge in [-0.25, -0.2) is 0 Å². The van der Waals surface area contributed by atoms with Crippen molar-refractivity contribution in [3.63, 3.8) is 0 Å². The Kier molecular flexibility index (Phi) is 5.50. The van der Waals surface area contributed by atoms with Gasteiger partial charge in [0, 0.05) is 9.90 Å². The van der Waals surface area contributed by atoms with E-state index in [2.05, 4.69) is 32.2 Å². The molecule has 1 aliphatic carbocycles. The Hall–Kier alpha value is -2.03. The Morgan fingerprint density at radius 1 is 1.41 bits per heavy atom. The summed E-state index contributed by atoms with van der Waals surface area (Å²) in [4.78, 5) is 14.0. The highest BCUT2D eigenvalue weighted by molar-refractivity contribution is 7.16. The fourth-order valence-corrected chi connectivity index (χ4v) is 5.00. The number of fused-ring (bicyclic) bond motifs is 1. The molecule has 4 nitrogen and oxygen atoms in total. The van der Waals surface area contributed by atoms with Crippen molar-refractivity contribution in [2.75, 3.05) is 12.4 Å². The van der Waals surface area contributed by atoms with Crippen LogP contribution in [0.15, 0.2) is 18.2 Å². The van der Waals surface area contributed by atoms with Crippen molar-refractivity contribution in [3.8, 4) is 11.8 Å². The molecule has 0 radical (unpaired) electrons. The molecule has 3 rings (SSSR count). The largest absolute Gasteiger partial charge is 0.496 e. The molecule has 1 atom stereocenters. The summed E-state index contributed by atoms with van der Waals surface area (Å²) < 4.78 is 5.27. The maximum Gasteiger partial charge on any atom is 0.260 e. The van der Waals surface area contributed by atoms with Gasteiger partial charge in [0.1, 0.15) is 16.8 Å². The maximum absolute atomic E-state index is 12.8. The second-order valence-electron chi connectivity index (χ2n) is 7.92. The number of nitrogens with one attached hydrogen (secondary N) is 1. The molecule has 0 spiro atoms. The first-order chi connectivity index (χ1) is 12.7. The van der Waals surface area contributed by atoms with Crippen LogP contribution in [-0.2, 0) is 12.8 Å². The van der Waals surface area contributed by atoms with Crippen molar-refractivity contribution in [2.24, 2.45) is 11.3 Å². The van der Waals surface area contributed by atoms with E-state index < -0.39 is 0 Å². The van der Waals surface area contributed by atoms with E-state index in [1.165, 1.54) is 23.3 Å². The number of carbonyl (C=O) groups is 1. The number of nitriles is 1. The summed E-state index contributed by atoms with van der Waals surface area (Å²) in [5.74, 6) is 0.702. The third kappa shape index (κ3) is 3.97. The third-order valence-electron chi connectivity index (χ3n) is 5.24. The number of carbonyl (C=O) groups excluding carboxylic acids is 1. The number of benzene rings is 1. The molecule has 1 aromatic heterocycles. The summed E-state index contributed by atoms with van der Waals surface area (Å²) >= 11 is 7.55. The summed E-state index contributed by atoms with van der Waals surface area (Å²) in [5, 5.41) is 13.7. The van der Waals surface area contributed by atoms with Gasteiger partial charge in [0.05, 0.1) is 18.2 Å². The quantitative estimate of drug-likeness (QED) is 0.717. The fourth-order valence-electron chi connectivity index (χ4n) is 3.56. The van der Waals surface area contributed by atoms with Gasteiger partial charge in [0.15, 0.2) is 0 Å². The Bertz CT molecular complexity index is 921. The third-order valence-corrected chi connectivity index (χ3v) is 6.64. The van der Waals surface area contributed by atoms with Crippen LogP contribution in [0.4, 0.5) is 5.00 Å². The van der Waals surface area contributed by atoms with E-state index in [-0.39, 0.29) is 11.3 Å². The van der Waals surface area contributed by atoms with Crippen LogP contribution in [0.25, 0.3) is 0 Å². The van der Waals surface area contributed by atoms with E-state index in [1.54, 1.807) is 18.2 Å². The van der Waals surface area contributed by atoms with E-state index >= 15 is 0 Å². The summed E-state index contributed by atoms with van der Waals surface area (Å²) in [6.45, 7) is 6.78. The minimum Gasteiger partial charge on any atom is -0.496 e. The SMILES string of the molecule is COc1ccc(Cl)cc1C(=O)Nc1sc2c(c1C#N)CC[C@@H](C(C)(C)C)C2. The number of ether oxygens (including phenoxy) is 1. The number of rotatable bonds is 3. The first kappa shape index (κ1) is 19.7. The average molecular weight is 403 g/mol. The smallest absolute Gasteiger partial charge is 0.260 e. The number of anilines is 1. The van der Waals surface area contributed by atoms with Crippen LogP contribution in [-0.4, -0.2) is 13.0 Å².